The molecule has 1 heterocycles. The molecule has 1 unspecified atom stereocenters. The highest BCUT2D eigenvalue weighted by atomic mass is 16.6. The number of hydrogen-bond donors (Lipinski definition) is 1. The Bertz CT molecular complexity index is 521. The van der Waals surface area contributed by atoms with Crippen LogP contribution in [0.15, 0.2) is 24.3 Å². The van der Waals surface area contributed by atoms with Crippen LogP contribution in [-0.4, -0.2) is 59.9 Å². The van der Waals surface area contributed by atoms with Crippen LogP contribution in [0, 0.1) is 10.1 Å². The molecular formula is C13H16N2O6. The van der Waals surface area contributed by atoms with Crippen molar-refractivity contribution in [2.24, 2.45) is 0 Å². The zero-order valence-electron chi connectivity index (χ0n) is 11.3. The standard InChI is InChI=1S/C13H16N2O6/c16-8-10-7-14(5-6-20-10)13(17)9-21-12-4-2-1-3-11(12)15(18)19/h1-4,10,16H,5-9H2. The number of hydrogen-bond acceptors (Lipinski definition) is 6. The van der Waals surface area contributed by atoms with Crippen molar-refractivity contribution in [2.45, 2.75) is 6.10 Å². The maximum Gasteiger partial charge on any atom is 0.310 e. The first kappa shape index (κ1) is 15.2. The van der Waals surface area contributed by atoms with Gasteiger partial charge in [-0.1, -0.05) is 12.1 Å². The Labute approximate surface area is 121 Å². The second-order valence-electron chi connectivity index (χ2n) is 4.53. The Morgan fingerprint density at radius 1 is 1.52 bits per heavy atom. The maximum absolute atomic E-state index is 12.0. The molecule has 1 aromatic carbocycles. The zero-order valence-corrected chi connectivity index (χ0v) is 11.3. The van der Waals surface area contributed by atoms with Crippen molar-refractivity contribution in [2.75, 3.05) is 32.9 Å². The van der Waals surface area contributed by atoms with E-state index in [2.05, 4.69) is 0 Å². The smallest absolute Gasteiger partial charge is 0.310 e. The number of rotatable bonds is 5. The number of para-hydroxylation sites is 2. The van der Waals surface area contributed by atoms with Crippen LogP contribution in [0.5, 0.6) is 5.75 Å². The topological polar surface area (TPSA) is 102 Å². The lowest BCUT2D eigenvalue weighted by Crippen LogP contribution is -2.48. The van der Waals surface area contributed by atoms with Crippen molar-refractivity contribution >= 4 is 11.6 Å². The van der Waals surface area contributed by atoms with Crippen molar-refractivity contribution in [3.8, 4) is 5.75 Å². The molecule has 8 heteroatoms. The van der Waals surface area contributed by atoms with E-state index in [-0.39, 0.29) is 37.1 Å². The van der Waals surface area contributed by atoms with Gasteiger partial charge in [0.1, 0.15) is 0 Å². The lowest BCUT2D eigenvalue weighted by Gasteiger charge is -2.31. The molecule has 1 atom stereocenters. The van der Waals surface area contributed by atoms with Gasteiger partial charge < -0.3 is 19.5 Å². The third-order valence-corrected chi connectivity index (χ3v) is 3.11. The number of carbonyl (C=O) groups excluding carboxylic acids is 1. The highest BCUT2D eigenvalue weighted by Crippen LogP contribution is 2.25. The lowest BCUT2D eigenvalue weighted by molar-refractivity contribution is -0.385. The van der Waals surface area contributed by atoms with Crippen molar-refractivity contribution < 1.29 is 24.3 Å². The van der Waals surface area contributed by atoms with Crippen LogP contribution in [0.1, 0.15) is 0 Å². The SMILES string of the molecule is O=C(COc1ccccc1[N+](=O)[O-])N1CCOC(CO)C1. The second-order valence-corrected chi connectivity index (χ2v) is 4.53. The number of amides is 1. The van der Waals surface area contributed by atoms with E-state index in [0.29, 0.717) is 13.2 Å². The molecule has 0 radical (unpaired) electrons. The van der Waals surface area contributed by atoms with Gasteiger partial charge in [0.25, 0.3) is 5.91 Å². The average molecular weight is 296 g/mol. The summed E-state index contributed by atoms with van der Waals surface area (Å²) in [6.07, 6.45) is -0.395. The van der Waals surface area contributed by atoms with E-state index in [9.17, 15) is 14.9 Å². The summed E-state index contributed by atoms with van der Waals surface area (Å²) in [5.74, 6) is -0.238. The van der Waals surface area contributed by atoms with Gasteiger partial charge in [-0.3, -0.25) is 14.9 Å². The van der Waals surface area contributed by atoms with Crippen LogP contribution >= 0.6 is 0 Å². The zero-order chi connectivity index (χ0) is 15.2. The molecule has 0 aromatic heterocycles. The summed E-state index contributed by atoms with van der Waals surface area (Å²) in [5, 5.41) is 19.9. The third kappa shape index (κ3) is 3.89. The Kier molecular flexibility index (Phi) is 5.07. The molecular weight excluding hydrogens is 280 g/mol. The quantitative estimate of drug-likeness (QED) is 0.615. The number of aliphatic hydroxyl groups excluding tert-OH is 1. The number of carbonyl (C=O) groups is 1. The minimum atomic E-state index is -0.559. The largest absolute Gasteiger partial charge is 0.477 e. The molecule has 0 saturated carbocycles. The van der Waals surface area contributed by atoms with Crippen LogP contribution in [0.4, 0.5) is 5.69 Å². The van der Waals surface area contributed by atoms with Crippen LogP contribution in [0.2, 0.25) is 0 Å². The maximum atomic E-state index is 12.0. The van der Waals surface area contributed by atoms with Gasteiger partial charge in [-0.05, 0) is 6.07 Å². The molecule has 114 valence electrons. The summed E-state index contributed by atoms with van der Waals surface area (Å²) in [6.45, 7) is 0.603. The monoisotopic (exact) mass is 296 g/mol. The summed E-state index contributed by atoms with van der Waals surface area (Å²) < 4.78 is 10.5. The molecule has 1 aliphatic heterocycles. The number of morpholine rings is 1. The molecule has 0 spiro atoms. The van der Waals surface area contributed by atoms with Gasteiger partial charge >= 0.3 is 5.69 Å². The van der Waals surface area contributed by atoms with Crippen LogP contribution in [-0.2, 0) is 9.53 Å². The summed E-state index contributed by atoms with van der Waals surface area (Å²) >= 11 is 0. The van der Waals surface area contributed by atoms with E-state index in [1.807, 2.05) is 0 Å². The molecule has 1 aliphatic rings. The minimum Gasteiger partial charge on any atom is -0.477 e. The Balaban J connectivity index is 1.94. The van der Waals surface area contributed by atoms with Gasteiger partial charge in [-0.25, -0.2) is 0 Å². The number of nitro benzene ring substituents is 1. The summed E-state index contributed by atoms with van der Waals surface area (Å²) in [7, 11) is 0. The van der Waals surface area contributed by atoms with Crippen molar-refractivity contribution in [1.82, 2.24) is 4.90 Å². The van der Waals surface area contributed by atoms with Crippen molar-refractivity contribution in [3.05, 3.63) is 34.4 Å². The molecule has 2 rings (SSSR count). The molecule has 0 aliphatic carbocycles. The van der Waals surface area contributed by atoms with Gasteiger partial charge in [0.15, 0.2) is 12.4 Å². The van der Waals surface area contributed by atoms with Gasteiger partial charge in [0, 0.05) is 19.2 Å². The summed E-state index contributed by atoms with van der Waals surface area (Å²) in [4.78, 5) is 23.8. The fourth-order valence-electron chi connectivity index (χ4n) is 2.02. The molecule has 0 bridgehead atoms. The lowest BCUT2D eigenvalue weighted by atomic mass is 10.3. The molecule has 8 nitrogen and oxygen atoms in total. The van der Waals surface area contributed by atoms with Crippen LogP contribution in [0.25, 0.3) is 0 Å². The number of ether oxygens (including phenoxy) is 2. The van der Waals surface area contributed by atoms with Gasteiger partial charge in [0.05, 0.1) is 24.2 Å². The van der Waals surface area contributed by atoms with Crippen molar-refractivity contribution in [1.29, 1.82) is 0 Å². The Morgan fingerprint density at radius 3 is 3.00 bits per heavy atom. The minimum absolute atomic E-state index is 0.0582. The average Bonchev–Trinajstić information content (AvgIpc) is 2.52. The van der Waals surface area contributed by atoms with Gasteiger partial charge in [-0.15, -0.1) is 0 Å². The Morgan fingerprint density at radius 2 is 2.29 bits per heavy atom. The predicted molar refractivity (Wildman–Crippen MR) is 72.0 cm³/mol. The number of aliphatic hydroxyl groups is 1. The van der Waals surface area contributed by atoms with Gasteiger partial charge in [0.2, 0.25) is 0 Å². The third-order valence-electron chi connectivity index (χ3n) is 3.11. The van der Waals surface area contributed by atoms with E-state index >= 15 is 0 Å². The van der Waals surface area contributed by atoms with Crippen LogP contribution in [0.3, 0.4) is 0 Å². The fraction of sp³-hybridized carbons (Fsp3) is 0.462. The van der Waals surface area contributed by atoms with E-state index in [1.165, 1.54) is 23.1 Å². The summed E-state index contributed by atoms with van der Waals surface area (Å²) in [5.41, 5.74) is -0.180. The summed E-state index contributed by atoms with van der Waals surface area (Å²) in [6, 6.07) is 5.89. The highest BCUT2D eigenvalue weighted by molar-refractivity contribution is 5.78. The fourth-order valence-corrected chi connectivity index (χ4v) is 2.02. The van der Waals surface area contributed by atoms with E-state index in [4.69, 9.17) is 14.6 Å². The number of benzene rings is 1. The molecule has 1 saturated heterocycles. The first-order valence-corrected chi connectivity index (χ1v) is 6.48. The molecule has 1 aromatic rings. The molecule has 1 fully saturated rings. The second kappa shape index (κ2) is 7.00. The number of nitrogens with zero attached hydrogens (tertiary/aromatic N) is 2. The highest BCUT2D eigenvalue weighted by Gasteiger charge is 2.24. The molecule has 1 N–H and O–H groups in total. The molecule has 1 amide bonds. The first-order chi connectivity index (χ1) is 10.1. The predicted octanol–water partition coefficient (Wildman–Crippen LogP) is 0.193. The van der Waals surface area contributed by atoms with E-state index < -0.39 is 11.0 Å². The molecule has 21 heavy (non-hydrogen) atoms. The van der Waals surface area contributed by atoms with E-state index in [1.54, 1.807) is 6.07 Å². The van der Waals surface area contributed by atoms with Crippen LogP contribution < -0.4 is 4.74 Å². The van der Waals surface area contributed by atoms with Crippen molar-refractivity contribution in [3.63, 3.8) is 0 Å². The van der Waals surface area contributed by atoms with E-state index in [0.717, 1.165) is 0 Å². The number of nitro groups is 1. The van der Waals surface area contributed by atoms with Gasteiger partial charge in [-0.2, -0.15) is 0 Å². The first-order valence-electron chi connectivity index (χ1n) is 6.48. The normalized spacial score (nSPS) is 18.3. The Hall–Kier alpha value is -2.19.